The molecule has 0 radical (unpaired) electrons. The molecule has 0 bridgehead atoms. The van der Waals surface area contributed by atoms with Crippen molar-refractivity contribution in [3.05, 3.63) is 47.4 Å². The normalized spacial score (nSPS) is 14.5. The molecule has 4 rings (SSSR count). The van der Waals surface area contributed by atoms with Crippen molar-refractivity contribution < 1.29 is 9.15 Å². The summed E-state index contributed by atoms with van der Waals surface area (Å²) in [4.78, 5) is 10.5. The van der Waals surface area contributed by atoms with E-state index in [9.17, 15) is 0 Å². The van der Waals surface area contributed by atoms with E-state index in [-0.39, 0.29) is 0 Å². The fourth-order valence-corrected chi connectivity index (χ4v) is 3.06. The Hall–Kier alpha value is -2.67. The average Bonchev–Trinajstić information content (AvgIpc) is 3.28. The number of nitrogens with one attached hydrogen (secondary N) is 1. The second-order valence-electron chi connectivity index (χ2n) is 6.14. The SMILES string of the molecule is CCc1nnc(CN2CCc3nc(-c4ccc(OC)cc4)[nH]c3C2)o1. The summed E-state index contributed by atoms with van der Waals surface area (Å²) < 4.78 is 10.8. The Morgan fingerprint density at radius 3 is 2.72 bits per heavy atom. The molecule has 0 fully saturated rings. The molecule has 0 saturated carbocycles. The Kier molecular flexibility index (Phi) is 4.23. The lowest BCUT2D eigenvalue weighted by atomic mass is 10.1. The number of hydrogen-bond donors (Lipinski definition) is 1. The summed E-state index contributed by atoms with van der Waals surface area (Å²) in [6, 6.07) is 7.94. The monoisotopic (exact) mass is 339 g/mol. The zero-order chi connectivity index (χ0) is 17.2. The van der Waals surface area contributed by atoms with Crippen molar-refractivity contribution in [3.8, 4) is 17.1 Å². The van der Waals surface area contributed by atoms with Gasteiger partial charge in [-0.25, -0.2) is 4.98 Å². The number of aromatic nitrogens is 4. The van der Waals surface area contributed by atoms with E-state index in [4.69, 9.17) is 14.1 Å². The molecule has 0 amide bonds. The fraction of sp³-hybridized carbons (Fsp3) is 0.389. The number of methoxy groups -OCH3 is 1. The maximum atomic E-state index is 5.62. The summed E-state index contributed by atoms with van der Waals surface area (Å²) in [5.41, 5.74) is 3.36. The summed E-state index contributed by atoms with van der Waals surface area (Å²) in [6.07, 6.45) is 1.68. The molecule has 25 heavy (non-hydrogen) atoms. The van der Waals surface area contributed by atoms with Gasteiger partial charge in [0.2, 0.25) is 11.8 Å². The Bertz CT molecular complexity index is 853. The number of aromatic amines is 1. The van der Waals surface area contributed by atoms with Crippen molar-refractivity contribution in [2.24, 2.45) is 0 Å². The highest BCUT2D eigenvalue weighted by molar-refractivity contribution is 5.57. The van der Waals surface area contributed by atoms with Gasteiger partial charge in [0, 0.05) is 31.5 Å². The molecule has 2 aromatic heterocycles. The van der Waals surface area contributed by atoms with Crippen LogP contribution in [0.15, 0.2) is 28.7 Å². The fourth-order valence-electron chi connectivity index (χ4n) is 3.06. The third-order valence-corrected chi connectivity index (χ3v) is 4.44. The van der Waals surface area contributed by atoms with Crippen molar-refractivity contribution in [1.29, 1.82) is 0 Å². The van der Waals surface area contributed by atoms with E-state index in [0.717, 1.165) is 54.5 Å². The number of H-pyrrole nitrogens is 1. The first-order valence-electron chi connectivity index (χ1n) is 8.51. The minimum Gasteiger partial charge on any atom is -0.497 e. The molecule has 1 N–H and O–H groups in total. The van der Waals surface area contributed by atoms with Gasteiger partial charge in [-0.3, -0.25) is 4.90 Å². The predicted octanol–water partition coefficient (Wildman–Crippen LogP) is 2.59. The number of ether oxygens (including phenoxy) is 1. The molecule has 1 aliphatic rings. The third kappa shape index (κ3) is 3.28. The van der Waals surface area contributed by atoms with Crippen molar-refractivity contribution in [2.75, 3.05) is 13.7 Å². The van der Waals surface area contributed by atoms with Gasteiger partial charge in [0.05, 0.1) is 25.0 Å². The molecule has 3 heterocycles. The molecule has 0 unspecified atom stereocenters. The number of rotatable bonds is 5. The lowest BCUT2D eigenvalue weighted by Gasteiger charge is -2.24. The molecule has 130 valence electrons. The van der Waals surface area contributed by atoms with Crippen molar-refractivity contribution in [1.82, 2.24) is 25.1 Å². The minimum atomic E-state index is 0.670. The average molecular weight is 339 g/mol. The van der Waals surface area contributed by atoms with Gasteiger partial charge in [0.1, 0.15) is 11.6 Å². The van der Waals surface area contributed by atoms with E-state index in [1.54, 1.807) is 7.11 Å². The quantitative estimate of drug-likeness (QED) is 0.769. The molecule has 1 aliphatic heterocycles. The molecule has 3 aromatic rings. The Morgan fingerprint density at radius 1 is 1.20 bits per heavy atom. The topological polar surface area (TPSA) is 80.1 Å². The van der Waals surface area contributed by atoms with E-state index in [0.29, 0.717) is 18.3 Å². The molecule has 7 nitrogen and oxygen atoms in total. The number of imidazole rings is 1. The van der Waals surface area contributed by atoms with Gasteiger partial charge in [-0.15, -0.1) is 10.2 Å². The minimum absolute atomic E-state index is 0.670. The van der Waals surface area contributed by atoms with Crippen LogP contribution < -0.4 is 4.74 Å². The summed E-state index contributed by atoms with van der Waals surface area (Å²) in [7, 11) is 1.67. The van der Waals surface area contributed by atoms with Crippen LogP contribution in [0.3, 0.4) is 0 Å². The van der Waals surface area contributed by atoms with E-state index < -0.39 is 0 Å². The van der Waals surface area contributed by atoms with Gasteiger partial charge in [0.25, 0.3) is 0 Å². The van der Waals surface area contributed by atoms with Crippen LogP contribution in [-0.4, -0.2) is 38.7 Å². The molecule has 0 aliphatic carbocycles. The first kappa shape index (κ1) is 15.8. The number of fused-ring (bicyclic) bond motifs is 1. The van der Waals surface area contributed by atoms with Crippen molar-refractivity contribution >= 4 is 0 Å². The van der Waals surface area contributed by atoms with E-state index in [1.165, 1.54) is 0 Å². The van der Waals surface area contributed by atoms with Gasteiger partial charge >= 0.3 is 0 Å². The number of aryl methyl sites for hydroxylation is 1. The highest BCUT2D eigenvalue weighted by Gasteiger charge is 2.22. The molecular formula is C18H21N5O2. The van der Waals surface area contributed by atoms with Crippen molar-refractivity contribution in [3.63, 3.8) is 0 Å². The van der Waals surface area contributed by atoms with E-state index >= 15 is 0 Å². The third-order valence-electron chi connectivity index (χ3n) is 4.44. The van der Waals surface area contributed by atoms with Gasteiger partial charge < -0.3 is 14.1 Å². The summed E-state index contributed by atoms with van der Waals surface area (Å²) >= 11 is 0. The zero-order valence-corrected chi connectivity index (χ0v) is 14.5. The summed E-state index contributed by atoms with van der Waals surface area (Å²) in [5.74, 6) is 3.11. The van der Waals surface area contributed by atoms with Gasteiger partial charge in [-0.05, 0) is 24.3 Å². The summed E-state index contributed by atoms with van der Waals surface area (Å²) in [6.45, 7) is 4.42. The Morgan fingerprint density at radius 2 is 2.00 bits per heavy atom. The lowest BCUT2D eigenvalue weighted by molar-refractivity contribution is 0.216. The molecule has 0 atom stereocenters. The highest BCUT2D eigenvalue weighted by atomic mass is 16.5. The van der Waals surface area contributed by atoms with E-state index in [1.807, 2.05) is 31.2 Å². The standard InChI is InChI=1S/C18H21N5O2/c1-3-16-21-22-17(25-16)11-23-9-8-14-15(10-23)20-18(19-14)12-4-6-13(24-2)7-5-12/h4-7H,3,8-11H2,1-2H3,(H,19,20). The predicted molar refractivity (Wildman–Crippen MR) is 92.1 cm³/mol. The molecule has 0 saturated heterocycles. The first-order chi connectivity index (χ1) is 12.2. The second kappa shape index (κ2) is 6.68. The molecule has 7 heteroatoms. The molecule has 1 aromatic carbocycles. The Labute approximate surface area is 146 Å². The molecule has 0 spiro atoms. The van der Waals surface area contributed by atoms with Crippen LogP contribution in [0.5, 0.6) is 5.75 Å². The highest BCUT2D eigenvalue weighted by Crippen LogP contribution is 2.25. The zero-order valence-electron chi connectivity index (χ0n) is 14.5. The van der Waals surface area contributed by atoms with Crippen LogP contribution in [0.4, 0.5) is 0 Å². The number of nitrogens with zero attached hydrogens (tertiary/aromatic N) is 4. The second-order valence-corrected chi connectivity index (χ2v) is 6.14. The lowest BCUT2D eigenvalue weighted by Crippen LogP contribution is -2.30. The van der Waals surface area contributed by atoms with Gasteiger partial charge in [-0.2, -0.15) is 0 Å². The number of benzene rings is 1. The van der Waals surface area contributed by atoms with Crippen LogP contribution in [0.1, 0.15) is 30.1 Å². The van der Waals surface area contributed by atoms with Gasteiger partial charge in [-0.1, -0.05) is 6.92 Å². The van der Waals surface area contributed by atoms with E-state index in [2.05, 4.69) is 20.1 Å². The Balaban J connectivity index is 1.48. The van der Waals surface area contributed by atoms with Crippen LogP contribution in [0.2, 0.25) is 0 Å². The van der Waals surface area contributed by atoms with Gasteiger partial charge in [0.15, 0.2) is 0 Å². The number of hydrogen-bond acceptors (Lipinski definition) is 6. The van der Waals surface area contributed by atoms with Crippen LogP contribution in [-0.2, 0) is 25.9 Å². The van der Waals surface area contributed by atoms with Crippen LogP contribution in [0, 0.1) is 0 Å². The molecular weight excluding hydrogens is 318 g/mol. The first-order valence-corrected chi connectivity index (χ1v) is 8.51. The smallest absolute Gasteiger partial charge is 0.230 e. The maximum absolute atomic E-state index is 5.62. The largest absolute Gasteiger partial charge is 0.497 e. The van der Waals surface area contributed by atoms with Crippen LogP contribution in [0.25, 0.3) is 11.4 Å². The van der Waals surface area contributed by atoms with Crippen LogP contribution >= 0.6 is 0 Å². The van der Waals surface area contributed by atoms with Crippen molar-refractivity contribution in [2.45, 2.75) is 32.9 Å². The summed E-state index contributed by atoms with van der Waals surface area (Å²) in [5, 5.41) is 8.14. The maximum Gasteiger partial charge on any atom is 0.230 e.